The zero-order chi connectivity index (χ0) is 16.9. The Labute approximate surface area is 145 Å². The van der Waals surface area contributed by atoms with Crippen molar-refractivity contribution in [3.63, 3.8) is 0 Å². The standard InChI is InChI=1S/C18H19ClFN3O/c19-15-11-14(4-5-16(15)20)22-18(24)12-23-9-6-13(7-10-23)17-3-1-2-8-21-17/h1-5,8,11,13H,6-7,9-10,12H2,(H,22,24). The Morgan fingerprint density at radius 1 is 1.29 bits per heavy atom. The van der Waals surface area contributed by atoms with Crippen LogP contribution in [0, 0.1) is 5.82 Å². The van der Waals surface area contributed by atoms with E-state index in [-0.39, 0.29) is 10.9 Å². The number of halogens is 2. The minimum Gasteiger partial charge on any atom is -0.325 e. The summed E-state index contributed by atoms with van der Waals surface area (Å²) in [4.78, 5) is 18.7. The Morgan fingerprint density at radius 3 is 2.75 bits per heavy atom. The van der Waals surface area contributed by atoms with Crippen molar-refractivity contribution in [1.29, 1.82) is 0 Å². The van der Waals surface area contributed by atoms with Crippen LogP contribution in [0.5, 0.6) is 0 Å². The second kappa shape index (κ2) is 7.73. The fourth-order valence-corrected chi connectivity index (χ4v) is 3.16. The minimum absolute atomic E-state index is 0.00368. The molecule has 1 fully saturated rings. The summed E-state index contributed by atoms with van der Waals surface area (Å²) in [6.45, 7) is 2.04. The molecule has 24 heavy (non-hydrogen) atoms. The summed E-state index contributed by atoms with van der Waals surface area (Å²) in [6.07, 6.45) is 3.81. The number of nitrogens with zero attached hydrogens (tertiary/aromatic N) is 2. The monoisotopic (exact) mass is 347 g/mol. The van der Waals surface area contributed by atoms with Crippen molar-refractivity contribution in [2.45, 2.75) is 18.8 Å². The van der Waals surface area contributed by atoms with Gasteiger partial charge in [0.1, 0.15) is 5.82 Å². The molecular formula is C18H19ClFN3O. The highest BCUT2D eigenvalue weighted by Gasteiger charge is 2.22. The Hall–Kier alpha value is -1.98. The van der Waals surface area contributed by atoms with Crippen LogP contribution in [0.1, 0.15) is 24.5 Å². The molecule has 0 unspecified atom stereocenters. The number of pyridine rings is 1. The van der Waals surface area contributed by atoms with Gasteiger partial charge in [0.05, 0.1) is 11.6 Å². The van der Waals surface area contributed by atoms with Crippen molar-refractivity contribution < 1.29 is 9.18 Å². The number of piperidine rings is 1. The van der Waals surface area contributed by atoms with E-state index in [0.29, 0.717) is 18.2 Å². The molecular weight excluding hydrogens is 329 g/mol. The van der Waals surface area contributed by atoms with Crippen molar-refractivity contribution >= 4 is 23.2 Å². The topological polar surface area (TPSA) is 45.2 Å². The SMILES string of the molecule is O=C(CN1CCC(c2ccccn2)CC1)Nc1ccc(F)c(Cl)c1. The molecule has 2 heterocycles. The number of rotatable bonds is 4. The summed E-state index contributed by atoms with van der Waals surface area (Å²) in [5.41, 5.74) is 1.64. The molecule has 126 valence electrons. The van der Waals surface area contributed by atoms with Gasteiger partial charge in [-0.05, 0) is 56.3 Å². The molecule has 0 saturated carbocycles. The number of carbonyl (C=O) groups excluding carboxylic acids is 1. The lowest BCUT2D eigenvalue weighted by atomic mass is 9.93. The van der Waals surface area contributed by atoms with Crippen LogP contribution in [0.4, 0.5) is 10.1 Å². The summed E-state index contributed by atoms with van der Waals surface area (Å²) >= 11 is 5.72. The highest BCUT2D eigenvalue weighted by Crippen LogP contribution is 2.26. The quantitative estimate of drug-likeness (QED) is 0.917. The van der Waals surface area contributed by atoms with Gasteiger partial charge < -0.3 is 5.32 Å². The Balaban J connectivity index is 1.49. The third kappa shape index (κ3) is 4.30. The minimum atomic E-state index is -0.494. The molecule has 6 heteroatoms. The first-order valence-electron chi connectivity index (χ1n) is 8.00. The lowest BCUT2D eigenvalue weighted by Crippen LogP contribution is -2.38. The highest BCUT2D eigenvalue weighted by atomic mass is 35.5. The number of likely N-dealkylation sites (tertiary alicyclic amines) is 1. The van der Waals surface area contributed by atoms with Gasteiger partial charge in [0.15, 0.2) is 0 Å². The second-order valence-corrected chi connectivity index (χ2v) is 6.39. The molecule has 0 aliphatic carbocycles. The van der Waals surface area contributed by atoms with Crippen molar-refractivity contribution in [3.05, 3.63) is 59.1 Å². The number of nitrogens with one attached hydrogen (secondary N) is 1. The average molecular weight is 348 g/mol. The molecule has 1 N–H and O–H groups in total. The molecule has 1 aliphatic heterocycles. The maximum atomic E-state index is 13.1. The fraction of sp³-hybridized carbons (Fsp3) is 0.333. The summed E-state index contributed by atoms with van der Waals surface area (Å²) < 4.78 is 13.1. The van der Waals surface area contributed by atoms with Crippen LogP contribution >= 0.6 is 11.6 Å². The molecule has 1 aliphatic rings. The molecule has 1 aromatic carbocycles. The van der Waals surface area contributed by atoms with Crippen LogP contribution in [0.25, 0.3) is 0 Å². The number of carbonyl (C=O) groups is 1. The van der Waals surface area contributed by atoms with Gasteiger partial charge in [-0.1, -0.05) is 17.7 Å². The van der Waals surface area contributed by atoms with Gasteiger partial charge in [-0.15, -0.1) is 0 Å². The van der Waals surface area contributed by atoms with Crippen molar-refractivity contribution in [2.24, 2.45) is 0 Å². The molecule has 1 saturated heterocycles. The van der Waals surface area contributed by atoms with E-state index in [1.165, 1.54) is 18.2 Å². The van der Waals surface area contributed by atoms with Crippen LogP contribution < -0.4 is 5.32 Å². The van der Waals surface area contributed by atoms with Gasteiger partial charge in [0, 0.05) is 23.5 Å². The van der Waals surface area contributed by atoms with Crippen LogP contribution in [0.2, 0.25) is 5.02 Å². The van der Waals surface area contributed by atoms with Crippen LogP contribution in [0.3, 0.4) is 0 Å². The largest absolute Gasteiger partial charge is 0.325 e. The van der Waals surface area contributed by atoms with Gasteiger partial charge in [0.25, 0.3) is 0 Å². The first-order chi connectivity index (χ1) is 11.6. The lowest BCUT2D eigenvalue weighted by molar-refractivity contribution is -0.117. The van der Waals surface area contributed by atoms with Crippen molar-refractivity contribution in [1.82, 2.24) is 9.88 Å². The molecule has 2 aromatic rings. The average Bonchev–Trinajstić information content (AvgIpc) is 2.59. The summed E-state index contributed by atoms with van der Waals surface area (Å²) in [6, 6.07) is 10.2. The summed E-state index contributed by atoms with van der Waals surface area (Å²) in [5, 5.41) is 2.76. The molecule has 4 nitrogen and oxygen atoms in total. The van der Waals surface area contributed by atoms with Gasteiger partial charge >= 0.3 is 0 Å². The second-order valence-electron chi connectivity index (χ2n) is 5.98. The molecule has 1 aromatic heterocycles. The summed E-state index contributed by atoms with van der Waals surface area (Å²) in [7, 11) is 0. The van der Waals surface area contributed by atoms with E-state index >= 15 is 0 Å². The van der Waals surface area contributed by atoms with Gasteiger partial charge in [-0.25, -0.2) is 4.39 Å². The molecule has 0 radical (unpaired) electrons. The highest BCUT2D eigenvalue weighted by molar-refractivity contribution is 6.31. The number of anilines is 1. The van der Waals surface area contributed by atoms with Gasteiger partial charge in [0.2, 0.25) is 5.91 Å². The molecule has 1 amide bonds. The number of benzene rings is 1. The molecule has 0 spiro atoms. The van der Waals surface area contributed by atoms with E-state index in [4.69, 9.17) is 11.6 Å². The smallest absolute Gasteiger partial charge is 0.238 e. The van der Waals surface area contributed by atoms with Gasteiger partial charge in [-0.2, -0.15) is 0 Å². The van der Waals surface area contributed by atoms with E-state index in [0.717, 1.165) is 31.6 Å². The van der Waals surface area contributed by atoms with Crippen LogP contribution in [-0.4, -0.2) is 35.4 Å². The predicted molar refractivity (Wildman–Crippen MR) is 92.7 cm³/mol. The van der Waals surface area contributed by atoms with Crippen molar-refractivity contribution in [3.8, 4) is 0 Å². The van der Waals surface area contributed by atoms with E-state index < -0.39 is 5.82 Å². The van der Waals surface area contributed by atoms with E-state index in [1.54, 1.807) is 0 Å². The van der Waals surface area contributed by atoms with E-state index in [9.17, 15) is 9.18 Å². The van der Waals surface area contributed by atoms with Gasteiger partial charge in [-0.3, -0.25) is 14.7 Å². The Bertz CT molecular complexity index is 703. The van der Waals surface area contributed by atoms with Crippen LogP contribution in [-0.2, 0) is 4.79 Å². The number of hydrogen-bond donors (Lipinski definition) is 1. The Kier molecular flexibility index (Phi) is 5.43. The number of hydrogen-bond acceptors (Lipinski definition) is 3. The summed E-state index contributed by atoms with van der Waals surface area (Å²) in [5.74, 6) is -0.151. The zero-order valence-corrected chi connectivity index (χ0v) is 14.0. The molecule has 0 bridgehead atoms. The predicted octanol–water partition coefficient (Wildman–Crippen LogP) is 3.69. The fourth-order valence-electron chi connectivity index (χ4n) is 2.98. The number of aromatic nitrogens is 1. The third-order valence-electron chi connectivity index (χ3n) is 4.26. The number of amides is 1. The lowest BCUT2D eigenvalue weighted by Gasteiger charge is -2.31. The Morgan fingerprint density at radius 2 is 2.08 bits per heavy atom. The maximum Gasteiger partial charge on any atom is 0.238 e. The third-order valence-corrected chi connectivity index (χ3v) is 4.55. The van der Waals surface area contributed by atoms with E-state index in [1.807, 2.05) is 18.3 Å². The first kappa shape index (κ1) is 16.9. The van der Waals surface area contributed by atoms with Crippen LogP contribution in [0.15, 0.2) is 42.6 Å². The normalized spacial score (nSPS) is 16.1. The van der Waals surface area contributed by atoms with E-state index in [2.05, 4.69) is 21.3 Å². The molecule has 0 atom stereocenters. The molecule has 3 rings (SSSR count). The van der Waals surface area contributed by atoms with Crippen molar-refractivity contribution in [2.75, 3.05) is 25.0 Å². The maximum absolute atomic E-state index is 13.1. The first-order valence-corrected chi connectivity index (χ1v) is 8.38. The zero-order valence-electron chi connectivity index (χ0n) is 13.2.